The number of imide groups is 1. The molecule has 86 valence electrons. The number of hydrogen-bond donors (Lipinski definition) is 0. The van der Waals surface area contributed by atoms with Gasteiger partial charge < -0.3 is 9.47 Å². The van der Waals surface area contributed by atoms with Crippen molar-refractivity contribution in [2.45, 2.75) is 0 Å². The first-order valence-electron chi connectivity index (χ1n) is 4.33. The van der Waals surface area contributed by atoms with Gasteiger partial charge in [-0.1, -0.05) is 15.9 Å². The van der Waals surface area contributed by atoms with Crippen LogP contribution in [0.3, 0.4) is 0 Å². The normalized spacial score (nSPS) is 9.44. The molecule has 1 aromatic carbocycles. The Balaban J connectivity index is 2.64. The standard InChI is InChI=1S/C10H10BrNO4/c1-12(9(13)15-2)10(14)16-8-5-3-7(11)4-6-8/h3-6H,1-2H3. The zero-order valence-electron chi connectivity index (χ0n) is 8.77. The summed E-state index contributed by atoms with van der Waals surface area (Å²) in [5.41, 5.74) is 0. The average Bonchev–Trinajstić information content (AvgIpc) is 2.30. The van der Waals surface area contributed by atoms with E-state index in [4.69, 9.17) is 4.74 Å². The summed E-state index contributed by atoms with van der Waals surface area (Å²) in [5.74, 6) is 0.351. The van der Waals surface area contributed by atoms with Crippen LogP contribution in [-0.2, 0) is 4.74 Å². The van der Waals surface area contributed by atoms with Crippen LogP contribution in [0.2, 0.25) is 0 Å². The van der Waals surface area contributed by atoms with Crippen LogP contribution in [0.4, 0.5) is 9.59 Å². The first kappa shape index (κ1) is 12.5. The number of amides is 2. The van der Waals surface area contributed by atoms with Crippen molar-refractivity contribution < 1.29 is 19.1 Å². The van der Waals surface area contributed by atoms with Crippen molar-refractivity contribution in [2.24, 2.45) is 0 Å². The van der Waals surface area contributed by atoms with E-state index in [1.165, 1.54) is 14.2 Å². The first-order valence-corrected chi connectivity index (χ1v) is 5.13. The smallest absolute Gasteiger partial charge is 0.424 e. The molecule has 0 heterocycles. The van der Waals surface area contributed by atoms with Crippen molar-refractivity contribution in [3.05, 3.63) is 28.7 Å². The predicted octanol–water partition coefficient (Wildman–Crippen LogP) is 2.65. The number of carbonyl (C=O) groups is 2. The quantitative estimate of drug-likeness (QED) is 0.797. The van der Waals surface area contributed by atoms with E-state index in [-0.39, 0.29) is 0 Å². The Morgan fingerprint density at radius 3 is 2.25 bits per heavy atom. The summed E-state index contributed by atoms with van der Waals surface area (Å²) in [6.07, 6.45) is -1.57. The summed E-state index contributed by atoms with van der Waals surface area (Å²) in [7, 11) is 2.46. The molecule has 5 nitrogen and oxygen atoms in total. The van der Waals surface area contributed by atoms with E-state index in [9.17, 15) is 9.59 Å². The zero-order chi connectivity index (χ0) is 12.1. The van der Waals surface area contributed by atoms with Crippen LogP contribution in [-0.4, -0.2) is 31.2 Å². The molecule has 2 amide bonds. The van der Waals surface area contributed by atoms with Crippen LogP contribution in [0.5, 0.6) is 5.75 Å². The lowest BCUT2D eigenvalue weighted by Crippen LogP contribution is -2.35. The Bertz CT molecular complexity index is 390. The van der Waals surface area contributed by atoms with Crippen molar-refractivity contribution in [3.63, 3.8) is 0 Å². The van der Waals surface area contributed by atoms with Gasteiger partial charge in [-0.15, -0.1) is 0 Å². The molecule has 0 fully saturated rings. The van der Waals surface area contributed by atoms with Crippen molar-refractivity contribution in [1.29, 1.82) is 0 Å². The molecule has 0 saturated heterocycles. The molecule has 0 N–H and O–H groups in total. The SMILES string of the molecule is COC(=O)N(C)C(=O)Oc1ccc(Br)cc1. The molecular weight excluding hydrogens is 278 g/mol. The lowest BCUT2D eigenvalue weighted by atomic mass is 10.3. The maximum absolute atomic E-state index is 11.4. The molecule has 0 atom stereocenters. The first-order chi connectivity index (χ1) is 7.54. The third-order valence-corrected chi connectivity index (χ3v) is 2.27. The van der Waals surface area contributed by atoms with E-state index in [1.54, 1.807) is 24.3 Å². The van der Waals surface area contributed by atoms with Crippen molar-refractivity contribution >= 4 is 28.1 Å². The highest BCUT2D eigenvalue weighted by Crippen LogP contribution is 2.16. The van der Waals surface area contributed by atoms with E-state index in [0.29, 0.717) is 5.75 Å². The summed E-state index contributed by atoms with van der Waals surface area (Å²) in [4.78, 5) is 23.1. The Hall–Kier alpha value is -1.56. The minimum absolute atomic E-state index is 0.351. The lowest BCUT2D eigenvalue weighted by Gasteiger charge is -2.13. The minimum atomic E-state index is -0.797. The van der Waals surface area contributed by atoms with Gasteiger partial charge in [0, 0.05) is 11.5 Å². The number of methoxy groups -OCH3 is 1. The van der Waals surface area contributed by atoms with Gasteiger partial charge in [0.1, 0.15) is 5.75 Å². The summed E-state index contributed by atoms with van der Waals surface area (Å²) < 4.78 is 10.2. The van der Waals surface area contributed by atoms with Gasteiger partial charge in [-0.3, -0.25) is 0 Å². The van der Waals surface area contributed by atoms with Crippen LogP contribution in [0.1, 0.15) is 0 Å². The molecular formula is C10H10BrNO4. The summed E-state index contributed by atoms with van der Waals surface area (Å²) >= 11 is 3.25. The van der Waals surface area contributed by atoms with Gasteiger partial charge in [-0.25, -0.2) is 14.5 Å². The molecule has 0 spiro atoms. The molecule has 0 aliphatic rings. The molecule has 0 bridgehead atoms. The second kappa shape index (κ2) is 5.50. The number of rotatable bonds is 1. The second-order valence-corrected chi connectivity index (χ2v) is 3.77. The summed E-state index contributed by atoms with van der Waals surface area (Å²) in [6, 6.07) is 6.65. The topological polar surface area (TPSA) is 55.8 Å². The Morgan fingerprint density at radius 2 is 1.75 bits per heavy atom. The molecule has 0 unspecified atom stereocenters. The van der Waals surface area contributed by atoms with Crippen molar-refractivity contribution in [2.75, 3.05) is 14.2 Å². The number of ether oxygens (including phenoxy) is 2. The maximum atomic E-state index is 11.4. The van der Waals surface area contributed by atoms with E-state index in [0.717, 1.165) is 9.37 Å². The van der Waals surface area contributed by atoms with Gasteiger partial charge >= 0.3 is 12.2 Å². The van der Waals surface area contributed by atoms with Crippen molar-refractivity contribution in [1.82, 2.24) is 4.90 Å². The van der Waals surface area contributed by atoms with E-state index >= 15 is 0 Å². The average molecular weight is 288 g/mol. The van der Waals surface area contributed by atoms with E-state index < -0.39 is 12.2 Å². The number of halogens is 1. The molecule has 0 aliphatic carbocycles. The monoisotopic (exact) mass is 287 g/mol. The maximum Gasteiger partial charge on any atom is 0.424 e. The molecule has 6 heteroatoms. The number of hydrogen-bond acceptors (Lipinski definition) is 4. The van der Waals surface area contributed by atoms with Crippen molar-refractivity contribution in [3.8, 4) is 5.75 Å². The van der Waals surface area contributed by atoms with Gasteiger partial charge in [-0.05, 0) is 24.3 Å². The van der Waals surface area contributed by atoms with Crippen LogP contribution < -0.4 is 4.74 Å². The highest BCUT2D eigenvalue weighted by atomic mass is 79.9. The van der Waals surface area contributed by atoms with E-state index in [1.807, 2.05) is 0 Å². The van der Waals surface area contributed by atoms with Gasteiger partial charge in [0.2, 0.25) is 0 Å². The molecule has 0 aliphatic heterocycles. The predicted molar refractivity (Wildman–Crippen MR) is 60.3 cm³/mol. The van der Waals surface area contributed by atoms with Crippen LogP contribution in [0.25, 0.3) is 0 Å². The highest BCUT2D eigenvalue weighted by molar-refractivity contribution is 9.10. The van der Waals surface area contributed by atoms with Gasteiger partial charge in [-0.2, -0.15) is 0 Å². The Kier molecular flexibility index (Phi) is 4.30. The van der Waals surface area contributed by atoms with Crippen LogP contribution in [0.15, 0.2) is 28.7 Å². The Morgan fingerprint density at radius 1 is 1.19 bits per heavy atom. The second-order valence-electron chi connectivity index (χ2n) is 2.85. The number of carbonyl (C=O) groups excluding carboxylic acids is 2. The fourth-order valence-electron chi connectivity index (χ4n) is 0.883. The third kappa shape index (κ3) is 3.23. The molecule has 16 heavy (non-hydrogen) atoms. The van der Waals surface area contributed by atoms with Gasteiger partial charge in [0.05, 0.1) is 7.11 Å². The number of benzene rings is 1. The highest BCUT2D eigenvalue weighted by Gasteiger charge is 2.18. The van der Waals surface area contributed by atoms with Crippen LogP contribution >= 0.6 is 15.9 Å². The number of nitrogens with zero attached hydrogens (tertiary/aromatic N) is 1. The molecule has 0 radical (unpaired) electrons. The Labute approximate surface area is 101 Å². The summed E-state index contributed by atoms with van der Waals surface area (Å²) in [6.45, 7) is 0. The fourth-order valence-corrected chi connectivity index (χ4v) is 1.15. The lowest BCUT2D eigenvalue weighted by molar-refractivity contribution is 0.121. The minimum Gasteiger partial charge on any atom is -0.452 e. The molecule has 1 aromatic rings. The third-order valence-electron chi connectivity index (χ3n) is 1.74. The summed E-state index contributed by atoms with van der Waals surface area (Å²) in [5, 5.41) is 0. The zero-order valence-corrected chi connectivity index (χ0v) is 10.4. The fraction of sp³-hybridized carbons (Fsp3) is 0.200. The van der Waals surface area contributed by atoms with Crippen LogP contribution in [0, 0.1) is 0 Å². The molecule has 0 aromatic heterocycles. The van der Waals surface area contributed by atoms with Gasteiger partial charge in [0.25, 0.3) is 0 Å². The van der Waals surface area contributed by atoms with E-state index in [2.05, 4.69) is 20.7 Å². The largest absolute Gasteiger partial charge is 0.452 e. The van der Waals surface area contributed by atoms with Gasteiger partial charge in [0.15, 0.2) is 0 Å². The molecule has 0 saturated carbocycles. The molecule has 1 rings (SSSR count).